The smallest absolute Gasteiger partial charge is 0.258 e. The van der Waals surface area contributed by atoms with Crippen LogP contribution in [-0.4, -0.2) is 10.5 Å². The Balaban J connectivity index is 2.05. The highest BCUT2D eigenvalue weighted by molar-refractivity contribution is 6.09. The number of carbonyl (C=O) groups is 1. The molecule has 0 aliphatic carbocycles. The number of nitrogens with one attached hydrogen (secondary N) is 1. The Morgan fingerprint density at radius 2 is 1.74 bits per heavy atom. The fourth-order valence-corrected chi connectivity index (χ4v) is 2.67. The summed E-state index contributed by atoms with van der Waals surface area (Å²) in [7, 11) is 1.71. The van der Waals surface area contributed by atoms with Gasteiger partial charge in [-0.05, 0) is 49.2 Å². The third kappa shape index (κ3) is 2.63. The molecule has 0 spiro atoms. The highest BCUT2D eigenvalue weighted by Gasteiger charge is 2.12. The van der Waals surface area contributed by atoms with E-state index in [1.807, 2.05) is 44.2 Å². The molecule has 1 N–H and O–H groups in total. The number of carbonyl (C=O) groups excluding carboxylic acids is 1. The number of pyridine rings is 1. The summed E-state index contributed by atoms with van der Waals surface area (Å²) < 4.78 is 1.53. The molecule has 0 unspecified atom stereocenters. The topological polar surface area (TPSA) is 51.1 Å². The van der Waals surface area contributed by atoms with E-state index in [0.29, 0.717) is 16.6 Å². The lowest BCUT2D eigenvalue weighted by molar-refractivity contribution is 0.102. The third-order valence-corrected chi connectivity index (χ3v) is 4.22. The van der Waals surface area contributed by atoms with Crippen LogP contribution in [0, 0.1) is 13.8 Å². The van der Waals surface area contributed by atoms with Gasteiger partial charge < -0.3 is 9.88 Å². The van der Waals surface area contributed by atoms with Crippen molar-refractivity contribution in [2.45, 2.75) is 13.8 Å². The van der Waals surface area contributed by atoms with Crippen LogP contribution in [0.2, 0.25) is 0 Å². The van der Waals surface area contributed by atoms with Crippen LogP contribution >= 0.6 is 0 Å². The minimum absolute atomic E-state index is 0.0784. The van der Waals surface area contributed by atoms with Gasteiger partial charge in [0.1, 0.15) is 0 Å². The fourth-order valence-electron chi connectivity index (χ4n) is 2.67. The molecule has 0 aliphatic rings. The van der Waals surface area contributed by atoms with Crippen molar-refractivity contribution in [3.8, 4) is 0 Å². The molecule has 1 amide bonds. The highest BCUT2D eigenvalue weighted by Crippen LogP contribution is 2.22. The molecular weight excluding hydrogens is 288 g/mol. The zero-order chi connectivity index (χ0) is 16.6. The van der Waals surface area contributed by atoms with E-state index in [-0.39, 0.29) is 11.5 Å². The van der Waals surface area contributed by atoms with Crippen molar-refractivity contribution in [2.24, 2.45) is 7.05 Å². The first-order valence-electron chi connectivity index (χ1n) is 7.45. The summed E-state index contributed by atoms with van der Waals surface area (Å²) in [5.41, 5.74) is 3.24. The van der Waals surface area contributed by atoms with E-state index < -0.39 is 0 Å². The standard InChI is InChI=1S/C19H18N2O2/c1-12-6-4-7-14(13(12)2)18(22)20-17-9-5-8-16-15(17)10-11-21(3)19(16)23/h4-11H,1-3H3,(H,20,22). The van der Waals surface area contributed by atoms with Gasteiger partial charge in [-0.3, -0.25) is 9.59 Å². The second kappa shape index (κ2) is 5.72. The number of amides is 1. The predicted molar refractivity (Wildman–Crippen MR) is 93.1 cm³/mol. The highest BCUT2D eigenvalue weighted by atomic mass is 16.1. The summed E-state index contributed by atoms with van der Waals surface area (Å²) in [6, 6.07) is 12.9. The van der Waals surface area contributed by atoms with E-state index in [2.05, 4.69) is 5.32 Å². The molecule has 116 valence electrons. The van der Waals surface area contributed by atoms with Gasteiger partial charge >= 0.3 is 0 Å². The van der Waals surface area contributed by atoms with Crippen LogP contribution in [0.4, 0.5) is 5.69 Å². The number of fused-ring (bicyclic) bond motifs is 1. The summed E-state index contributed by atoms with van der Waals surface area (Å²) in [6.45, 7) is 3.91. The molecule has 4 nitrogen and oxygen atoms in total. The van der Waals surface area contributed by atoms with E-state index in [1.165, 1.54) is 4.57 Å². The Morgan fingerprint density at radius 3 is 2.52 bits per heavy atom. The van der Waals surface area contributed by atoms with Crippen molar-refractivity contribution >= 4 is 22.4 Å². The van der Waals surface area contributed by atoms with Gasteiger partial charge in [0.15, 0.2) is 0 Å². The molecule has 23 heavy (non-hydrogen) atoms. The zero-order valence-electron chi connectivity index (χ0n) is 13.4. The van der Waals surface area contributed by atoms with Crippen molar-refractivity contribution in [1.29, 1.82) is 0 Å². The largest absolute Gasteiger partial charge is 0.321 e. The van der Waals surface area contributed by atoms with E-state index in [0.717, 1.165) is 16.5 Å². The maximum Gasteiger partial charge on any atom is 0.258 e. The van der Waals surface area contributed by atoms with Gasteiger partial charge in [-0.1, -0.05) is 18.2 Å². The summed E-state index contributed by atoms with van der Waals surface area (Å²) in [4.78, 5) is 24.8. The number of hydrogen-bond donors (Lipinski definition) is 1. The Bertz CT molecular complexity index is 971. The summed E-state index contributed by atoms with van der Waals surface area (Å²) in [5, 5.41) is 4.26. The minimum Gasteiger partial charge on any atom is -0.321 e. The number of benzene rings is 2. The zero-order valence-corrected chi connectivity index (χ0v) is 13.4. The molecule has 0 saturated carbocycles. The van der Waals surface area contributed by atoms with Crippen LogP contribution in [0.25, 0.3) is 10.8 Å². The Labute approximate surface area is 134 Å². The average molecular weight is 306 g/mol. The number of aromatic nitrogens is 1. The SMILES string of the molecule is Cc1cccc(C(=O)Nc2cccc3c(=O)n(C)ccc23)c1C. The molecule has 3 rings (SSSR count). The van der Waals surface area contributed by atoms with Gasteiger partial charge in [0.25, 0.3) is 11.5 Å². The Hall–Kier alpha value is -2.88. The molecule has 1 heterocycles. The lowest BCUT2D eigenvalue weighted by atomic mass is 10.0. The second-order valence-electron chi connectivity index (χ2n) is 5.70. The van der Waals surface area contributed by atoms with Crippen molar-refractivity contribution in [3.63, 3.8) is 0 Å². The molecule has 2 aromatic carbocycles. The van der Waals surface area contributed by atoms with E-state index in [1.54, 1.807) is 25.4 Å². The predicted octanol–water partition coefficient (Wildman–Crippen LogP) is 3.41. The molecule has 0 fully saturated rings. The van der Waals surface area contributed by atoms with E-state index >= 15 is 0 Å². The molecule has 0 aliphatic heterocycles. The molecule has 0 bridgehead atoms. The summed E-state index contributed by atoms with van der Waals surface area (Å²) >= 11 is 0. The monoisotopic (exact) mass is 306 g/mol. The third-order valence-electron chi connectivity index (χ3n) is 4.22. The van der Waals surface area contributed by atoms with Gasteiger partial charge in [-0.15, -0.1) is 0 Å². The quantitative estimate of drug-likeness (QED) is 0.789. The van der Waals surface area contributed by atoms with Crippen LogP contribution in [0.1, 0.15) is 21.5 Å². The first kappa shape index (κ1) is 15.0. The Morgan fingerprint density at radius 1 is 1.00 bits per heavy atom. The van der Waals surface area contributed by atoms with Crippen molar-refractivity contribution in [2.75, 3.05) is 5.32 Å². The van der Waals surface area contributed by atoms with Crippen molar-refractivity contribution in [1.82, 2.24) is 4.57 Å². The molecule has 1 aromatic heterocycles. The number of rotatable bonds is 2. The van der Waals surface area contributed by atoms with Gasteiger partial charge in [-0.25, -0.2) is 0 Å². The van der Waals surface area contributed by atoms with Crippen LogP contribution in [0.15, 0.2) is 53.5 Å². The lowest BCUT2D eigenvalue weighted by Gasteiger charge is -2.12. The normalized spacial score (nSPS) is 10.7. The first-order chi connectivity index (χ1) is 11.0. The maximum absolute atomic E-state index is 12.6. The number of anilines is 1. The van der Waals surface area contributed by atoms with Crippen LogP contribution < -0.4 is 10.9 Å². The maximum atomic E-state index is 12.6. The summed E-state index contributed by atoms with van der Waals surface area (Å²) in [6.07, 6.45) is 1.71. The molecule has 0 atom stereocenters. The number of aryl methyl sites for hydroxylation is 2. The second-order valence-corrected chi connectivity index (χ2v) is 5.70. The molecule has 0 radical (unpaired) electrons. The van der Waals surface area contributed by atoms with Crippen molar-refractivity contribution in [3.05, 3.63) is 75.7 Å². The fraction of sp³-hybridized carbons (Fsp3) is 0.158. The number of nitrogens with zero attached hydrogens (tertiary/aromatic N) is 1. The van der Waals surface area contributed by atoms with Gasteiger partial charge in [0.05, 0.1) is 0 Å². The molecule has 4 heteroatoms. The lowest BCUT2D eigenvalue weighted by Crippen LogP contribution is -2.17. The van der Waals surface area contributed by atoms with Crippen LogP contribution in [0.5, 0.6) is 0 Å². The first-order valence-corrected chi connectivity index (χ1v) is 7.45. The molecule has 0 saturated heterocycles. The summed E-state index contributed by atoms with van der Waals surface area (Å²) in [5.74, 6) is -0.167. The minimum atomic E-state index is -0.167. The number of hydrogen-bond acceptors (Lipinski definition) is 2. The van der Waals surface area contributed by atoms with Gasteiger partial charge in [0, 0.05) is 35.3 Å². The van der Waals surface area contributed by atoms with Gasteiger partial charge in [-0.2, -0.15) is 0 Å². The average Bonchev–Trinajstić information content (AvgIpc) is 2.54. The van der Waals surface area contributed by atoms with Crippen LogP contribution in [-0.2, 0) is 7.05 Å². The Kier molecular flexibility index (Phi) is 3.74. The van der Waals surface area contributed by atoms with Crippen molar-refractivity contribution < 1.29 is 4.79 Å². The molecular formula is C19H18N2O2. The van der Waals surface area contributed by atoms with E-state index in [4.69, 9.17) is 0 Å². The van der Waals surface area contributed by atoms with Crippen LogP contribution in [0.3, 0.4) is 0 Å². The van der Waals surface area contributed by atoms with E-state index in [9.17, 15) is 9.59 Å². The molecule has 3 aromatic rings. The van der Waals surface area contributed by atoms with Gasteiger partial charge in [0.2, 0.25) is 0 Å².